The minimum atomic E-state index is 0.0704. The number of ether oxygens (including phenoxy) is 2. The van der Waals surface area contributed by atoms with Gasteiger partial charge in [0.15, 0.2) is 0 Å². The fraction of sp³-hybridized carbons (Fsp3) is 0.409. The fourth-order valence-corrected chi connectivity index (χ4v) is 4.29. The molecule has 0 atom stereocenters. The second-order valence-corrected chi connectivity index (χ2v) is 7.80. The molecule has 5 rings (SSSR count). The van der Waals surface area contributed by atoms with Crippen LogP contribution in [0.3, 0.4) is 0 Å². The highest BCUT2D eigenvalue weighted by atomic mass is 16.5. The lowest BCUT2D eigenvalue weighted by Gasteiger charge is -2.29. The summed E-state index contributed by atoms with van der Waals surface area (Å²) < 4.78 is 14.9. The number of nitrogens with one attached hydrogen (secondary N) is 1. The first-order chi connectivity index (χ1) is 15.2. The maximum Gasteiger partial charge on any atom is 0.244 e. The van der Waals surface area contributed by atoms with Gasteiger partial charge < -0.3 is 19.9 Å². The fourth-order valence-electron chi connectivity index (χ4n) is 4.29. The molecule has 162 valence electrons. The van der Waals surface area contributed by atoms with Crippen molar-refractivity contribution in [3.8, 4) is 17.0 Å². The number of fused-ring (bicyclic) bond motifs is 2. The first-order valence-electron chi connectivity index (χ1n) is 10.6. The van der Waals surface area contributed by atoms with E-state index in [2.05, 4.69) is 26.6 Å². The molecule has 0 saturated heterocycles. The van der Waals surface area contributed by atoms with E-state index in [9.17, 15) is 0 Å². The number of methoxy groups -OCH3 is 1. The maximum absolute atomic E-state index is 8.92. The van der Waals surface area contributed by atoms with Crippen LogP contribution in [-0.2, 0) is 4.74 Å². The molecule has 9 nitrogen and oxygen atoms in total. The van der Waals surface area contributed by atoms with Gasteiger partial charge in [0, 0.05) is 30.2 Å². The zero-order chi connectivity index (χ0) is 21.2. The first kappa shape index (κ1) is 19.8. The van der Waals surface area contributed by atoms with Crippen LogP contribution in [0.25, 0.3) is 22.2 Å². The molecule has 1 aliphatic carbocycles. The topological polar surface area (TPSA) is 98.2 Å². The molecule has 31 heavy (non-hydrogen) atoms. The number of nitrogens with zero attached hydrogens (tertiary/aromatic N) is 5. The van der Waals surface area contributed by atoms with Crippen LogP contribution in [0, 0.1) is 0 Å². The Balaban J connectivity index is 1.38. The van der Waals surface area contributed by atoms with E-state index >= 15 is 0 Å². The van der Waals surface area contributed by atoms with Crippen LogP contribution in [0.5, 0.6) is 5.88 Å². The summed E-state index contributed by atoms with van der Waals surface area (Å²) in [6.07, 6.45) is 9.75. The van der Waals surface area contributed by atoms with E-state index in [4.69, 9.17) is 14.6 Å². The molecule has 0 radical (unpaired) electrons. The highest BCUT2D eigenvalue weighted by Gasteiger charge is 2.23. The van der Waals surface area contributed by atoms with Crippen molar-refractivity contribution in [2.75, 3.05) is 25.6 Å². The summed E-state index contributed by atoms with van der Waals surface area (Å²) in [7, 11) is 1.63. The monoisotopic (exact) mass is 422 g/mol. The molecule has 0 amide bonds. The van der Waals surface area contributed by atoms with Crippen molar-refractivity contribution in [2.45, 2.75) is 37.8 Å². The molecule has 1 aliphatic rings. The number of hydrogen-bond acceptors (Lipinski definition) is 7. The molecule has 0 bridgehead atoms. The van der Waals surface area contributed by atoms with Crippen molar-refractivity contribution in [3.63, 3.8) is 0 Å². The second kappa shape index (κ2) is 8.52. The van der Waals surface area contributed by atoms with Crippen LogP contribution in [0.2, 0.25) is 0 Å². The molecular weight excluding hydrogens is 396 g/mol. The molecule has 1 fully saturated rings. The van der Waals surface area contributed by atoms with Crippen LogP contribution in [0.1, 0.15) is 25.7 Å². The third kappa shape index (κ3) is 3.94. The van der Waals surface area contributed by atoms with Crippen LogP contribution in [0.4, 0.5) is 5.95 Å². The van der Waals surface area contributed by atoms with E-state index in [0.29, 0.717) is 18.4 Å². The van der Waals surface area contributed by atoms with Crippen molar-refractivity contribution in [1.29, 1.82) is 0 Å². The number of aromatic nitrogens is 5. The van der Waals surface area contributed by atoms with Gasteiger partial charge in [-0.05, 0) is 55.5 Å². The molecule has 4 aromatic rings. The number of hydrogen-bond donors (Lipinski definition) is 2. The van der Waals surface area contributed by atoms with Gasteiger partial charge in [0.05, 0.1) is 31.9 Å². The minimum absolute atomic E-state index is 0.0704. The second-order valence-electron chi connectivity index (χ2n) is 7.80. The molecule has 0 spiro atoms. The van der Waals surface area contributed by atoms with Gasteiger partial charge in [0.1, 0.15) is 5.52 Å². The van der Waals surface area contributed by atoms with Crippen molar-refractivity contribution >= 4 is 17.0 Å². The van der Waals surface area contributed by atoms with E-state index in [-0.39, 0.29) is 18.8 Å². The summed E-state index contributed by atoms with van der Waals surface area (Å²) in [5.74, 6) is 1.09. The SMILES string of the molecule is COc1nc(N[C@H]2CC[C@H](OCCO)CC2)nn2ccc(-c3ccn4nccc4c3)c12. The molecule has 2 N–H and O–H groups in total. The van der Waals surface area contributed by atoms with Crippen LogP contribution < -0.4 is 10.1 Å². The van der Waals surface area contributed by atoms with Gasteiger partial charge in [-0.1, -0.05) is 0 Å². The summed E-state index contributed by atoms with van der Waals surface area (Å²) in [4.78, 5) is 4.65. The predicted molar refractivity (Wildman–Crippen MR) is 116 cm³/mol. The number of pyridine rings is 1. The van der Waals surface area contributed by atoms with Crippen LogP contribution in [-0.4, -0.2) is 61.8 Å². The Morgan fingerprint density at radius 3 is 2.77 bits per heavy atom. The lowest BCUT2D eigenvalue weighted by molar-refractivity contribution is 0.00718. The Bertz CT molecular complexity index is 1180. The van der Waals surface area contributed by atoms with Gasteiger partial charge in [0.2, 0.25) is 11.8 Å². The van der Waals surface area contributed by atoms with Crippen molar-refractivity contribution in [2.24, 2.45) is 0 Å². The normalized spacial score (nSPS) is 19.2. The minimum Gasteiger partial charge on any atom is -0.479 e. The van der Waals surface area contributed by atoms with Crippen molar-refractivity contribution in [3.05, 3.63) is 42.9 Å². The van der Waals surface area contributed by atoms with Gasteiger partial charge in [-0.25, -0.2) is 9.03 Å². The van der Waals surface area contributed by atoms with E-state index in [1.54, 1.807) is 13.3 Å². The average Bonchev–Trinajstić information content (AvgIpc) is 3.44. The Morgan fingerprint density at radius 1 is 1.13 bits per heavy atom. The first-order valence-corrected chi connectivity index (χ1v) is 10.6. The standard InChI is InChI=1S/C22H26N6O3/c1-30-21-20-19(15-7-10-27-17(14-15)6-9-23-27)8-11-28(20)26-22(25-21)24-16-2-4-18(5-3-16)31-13-12-29/h6-11,14,16,18,29H,2-5,12-13H2,1H3,(H,24,26)/t16-,18-. The molecule has 0 unspecified atom stereocenters. The number of aliphatic hydroxyl groups is 1. The van der Waals surface area contributed by atoms with Crippen molar-refractivity contribution < 1.29 is 14.6 Å². The summed E-state index contributed by atoms with van der Waals surface area (Å²) >= 11 is 0. The predicted octanol–water partition coefficient (Wildman–Crippen LogP) is 2.78. The number of rotatable bonds is 7. The van der Waals surface area contributed by atoms with Gasteiger partial charge in [0.25, 0.3) is 0 Å². The summed E-state index contributed by atoms with van der Waals surface area (Å²) in [6.45, 7) is 0.477. The number of aliphatic hydroxyl groups excluding tert-OH is 1. The maximum atomic E-state index is 8.92. The van der Waals surface area contributed by atoms with Gasteiger partial charge in [-0.3, -0.25) is 0 Å². The van der Waals surface area contributed by atoms with Gasteiger partial charge >= 0.3 is 0 Å². The molecular formula is C22H26N6O3. The molecule has 0 aliphatic heterocycles. The summed E-state index contributed by atoms with van der Waals surface area (Å²) in [5, 5.41) is 21.3. The lowest BCUT2D eigenvalue weighted by atomic mass is 9.93. The Kier molecular flexibility index (Phi) is 5.44. The van der Waals surface area contributed by atoms with E-state index in [0.717, 1.165) is 47.8 Å². The Hall–Kier alpha value is -3.17. The largest absolute Gasteiger partial charge is 0.479 e. The van der Waals surface area contributed by atoms with E-state index in [1.807, 2.05) is 39.6 Å². The molecule has 4 heterocycles. The molecule has 0 aromatic carbocycles. The zero-order valence-electron chi connectivity index (χ0n) is 17.4. The Labute approximate surface area is 179 Å². The van der Waals surface area contributed by atoms with Gasteiger partial charge in [-0.2, -0.15) is 10.1 Å². The van der Waals surface area contributed by atoms with E-state index in [1.165, 1.54) is 0 Å². The highest BCUT2D eigenvalue weighted by Crippen LogP contribution is 2.32. The van der Waals surface area contributed by atoms with Crippen LogP contribution in [0.15, 0.2) is 42.9 Å². The highest BCUT2D eigenvalue weighted by molar-refractivity contribution is 5.85. The van der Waals surface area contributed by atoms with E-state index < -0.39 is 0 Å². The smallest absolute Gasteiger partial charge is 0.244 e. The summed E-state index contributed by atoms with van der Waals surface area (Å²) in [6, 6.07) is 8.41. The average molecular weight is 422 g/mol. The third-order valence-corrected chi connectivity index (χ3v) is 5.84. The zero-order valence-corrected chi connectivity index (χ0v) is 17.4. The quantitative estimate of drug-likeness (QED) is 0.473. The van der Waals surface area contributed by atoms with Crippen molar-refractivity contribution in [1.82, 2.24) is 24.2 Å². The molecule has 4 aromatic heterocycles. The summed E-state index contributed by atoms with van der Waals surface area (Å²) in [5.41, 5.74) is 3.92. The van der Waals surface area contributed by atoms with Gasteiger partial charge in [-0.15, -0.1) is 5.10 Å². The Morgan fingerprint density at radius 2 is 1.97 bits per heavy atom. The third-order valence-electron chi connectivity index (χ3n) is 5.84. The lowest BCUT2D eigenvalue weighted by Crippen LogP contribution is -2.31. The molecule has 9 heteroatoms. The number of anilines is 1. The van der Waals surface area contributed by atoms with Crippen LogP contribution >= 0.6 is 0 Å². The molecule has 1 saturated carbocycles.